The molecule has 0 spiro atoms. The van der Waals surface area contributed by atoms with Gasteiger partial charge in [0.1, 0.15) is 5.82 Å². The zero-order chi connectivity index (χ0) is 16.9. The van der Waals surface area contributed by atoms with Crippen LogP contribution in [0.3, 0.4) is 0 Å². The Bertz CT molecular complexity index is 684. The molecule has 0 bridgehead atoms. The average Bonchev–Trinajstić information content (AvgIpc) is 3.05. The van der Waals surface area contributed by atoms with E-state index in [1.807, 2.05) is 0 Å². The number of hydrogen-bond donors (Lipinski definition) is 1. The molecule has 1 aromatic heterocycles. The van der Waals surface area contributed by atoms with Crippen LogP contribution < -0.4 is 5.32 Å². The highest BCUT2D eigenvalue weighted by atomic mass is 19.1. The van der Waals surface area contributed by atoms with Crippen molar-refractivity contribution >= 4 is 5.91 Å². The zero-order valence-electron chi connectivity index (χ0n) is 13.8. The molecule has 0 radical (unpaired) electrons. The number of rotatable bonds is 5. The number of aromatic nitrogens is 2. The number of benzene rings is 1. The third-order valence-electron chi connectivity index (χ3n) is 4.59. The lowest BCUT2D eigenvalue weighted by atomic mass is 9.86. The minimum Gasteiger partial charge on any atom is -0.353 e. The molecule has 6 heteroatoms. The molecule has 2 atom stereocenters. The van der Waals surface area contributed by atoms with Gasteiger partial charge in [0.25, 0.3) is 0 Å². The summed E-state index contributed by atoms with van der Waals surface area (Å²) in [6.07, 6.45) is 5.40. The van der Waals surface area contributed by atoms with Crippen molar-refractivity contribution in [2.75, 3.05) is 0 Å². The fourth-order valence-electron chi connectivity index (χ4n) is 3.10. The van der Waals surface area contributed by atoms with Crippen molar-refractivity contribution < 1.29 is 13.7 Å². The van der Waals surface area contributed by atoms with Crippen LogP contribution in [0.1, 0.15) is 44.9 Å². The van der Waals surface area contributed by atoms with Gasteiger partial charge in [-0.1, -0.05) is 24.9 Å². The van der Waals surface area contributed by atoms with Gasteiger partial charge >= 0.3 is 0 Å². The first kappa shape index (κ1) is 16.6. The minimum atomic E-state index is -0.309. The summed E-state index contributed by atoms with van der Waals surface area (Å²) in [5, 5.41) is 6.99. The molecule has 1 aliphatic rings. The monoisotopic (exact) mass is 331 g/mol. The van der Waals surface area contributed by atoms with Gasteiger partial charge in [0, 0.05) is 24.4 Å². The lowest BCUT2D eigenvalue weighted by molar-refractivity contribution is -0.122. The average molecular weight is 331 g/mol. The lowest BCUT2D eigenvalue weighted by Crippen LogP contribution is -2.41. The summed E-state index contributed by atoms with van der Waals surface area (Å²) in [6.45, 7) is 2.19. The summed E-state index contributed by atoms with van der Waals surface area (Å²) in [5.74, 6) is 1.08. The van der Waals surface area contributed by atoms with Crippen LogP contribution in [0.25, 0.3) is 11.4 Å². The van der Waals surface area contributed by atoms with Crippen molar-refractivity contribution in [3.05, 3.63) is 36.0 Å². The number of nitrogens with one attached hydrogen (secondary N) is 1. The molecular formula is C18H22FN3O2. The largest absolute Gasteiger partial charge is 0.353 e. The van der Waals surface area contributed by atoms with E-state index in [-0.39, 0.29) is 17.8 Å². The predicted octanol–water partition coefficient (Wildman–Crippen LogP) is 3.50. The maximum Gasteiger partial charge on any atom is 0.227 e. The van der Waals surface area contributed by atoms with Crippen molar-refractivity contribution in [1.82, 2.24) is 15.5 Å². The summed E-state index contributed by atoms with van der Waals surface area (Å²) in [6, 6.07) is 6.18. The Kier molecular flexibility index (Phi) is 5.23. The van der Waals surface area contributed by atoms with Gasteiger partial charge in [0.2, 0.25) is 17.6 Å². The van der Waals surface area contributed by atoms with Crippen molar-refractivity contribution in [3.63, 3.8) is 0 Å². The molecule has 1 saturated carbocycles. The van der Waals surface area contributed by atoms with Crippen LogP contribution in [-0.2, 0) is 11.2 Å². The number of carbonyl (C=O) groups is 1. The number of halogens is 1. The fraction of sp³-hybridized carbons (Fsp3) is 0.500. The van der Waals surface area contributed by atoms with Crippen LogP contribution in [0.15, 0.2) is 28.8 Å². The SMILES string of the molecule is CC1CCCCC1NC(=O)CCc1nc(-c2ccc(F)cc2)no1. The van der Waals surface area contributed by atoms with Crippen molar-refractivity contribution in [3.8, 4) is 11.4 Å². The molecule has 1 aromatic carbocycles. The highest BCUT2D eigenvalue weighted by molar-refractivity contribution is 5.76. The van der Waals surface area contributed by atoms with Gasteiger partial charge in [0.15, 0.2) is 0 Å². The van der Waals surface area contributed by atoms with Gasteiger partial charge in [-0.05, 0) is 43.0 Å². The Balaban J connectivity index is 1.51. The van der Waals surface area contributed by atoms with E-state index in [1.54, 1.807) is 12.1 Å². The Morgan fingerprint density at radius 1 is 1.29 bits per heavy atom. The second kappa shape index (κ2) is 7.55. The quantitative estimate of drug-likeness (QED) is 0.910. The number of aryl methyl sites for hydroxylation is 1. The fourth-order valence-corrected chi connectivity index (χ4v) is 3.10. The van der Waals surface area contributed by atoms with E-state index in [1.165, 1.54) is 31.4 Å². The smallest absolute Gasteiger partial charge is 0.227 e. The van der Waals surface area contributed by atoms with E-state index in [4.69, 9.17) is 4.52 Å². The number of nitrogens with zero attached hydrogens (tertiary/aromatic N) is 2. The standard InChI is InChI=1S/C18H22FN3O2/c1-12-4-2-3-5-15(12)20-16(23)10-11-17-21-18(22-24-17)13-6-8-14(19)9-7-13/h6-9,12,15H,2-5,10-11H2,1H3,(H,20,23). The number of carbonyl (C=O) groups excluding carboxylic acids is 1. The molecular weight excluding hydrogens is 309 g/mol. The van der Waals surface area contributed by atoms with E-state index in [0.29, 0.717) is 36.0 Å². The Labute approximate surface area is 140 Å². The van der Waals surface area contributed by atoms with E-state index in [9.17, 15) is 9.18 Å². The molecule has 1 fully saturated rings. The van der Waals surface area contributed by atoms with Gasteiger partial charge in [-0.15, -0.1) is 0 Å². The number of hydrogen-bond acceptors (Lipinski definition) is 4. The zero-order valence-corrected chi connectivity index (χ0v) is 13.8. The molecule has 1 heterocycles. The first-order valence-corrected chi connectivity index (χ1v) is 8.49. The third-order valence-corrected chi connectivity index (χ3v) is 4.59. The second-order valence-electron chi connectivity index (χ2n) is 6.45. The van der Waals surface area contributed by atoms with Crippen molar-refractivity contribution in [1.29, 1.82) is 0 Å². The topological polar surface area (TPSA) is 68.0 Å². The first-order chi connectivity index (χ1) is 11.6. The molecule has 24 heavy (non-hydrogen) atoms. The van der Waals surface area contributed by atoms with Crippen LogP contribution in [0.2, 0.25) is 0 Å². The Morgan fingerprint density at radius 3 is 2.79 bits per heavy atom. The third kappa shape index (κ3) is 4.19. The highest BCUT2D eigenvalue weighted by Gasteiger charge is 2.22. The Hall–Kier alpha value is -2.24. The van der Waals surface area contributed by atoms with E-state index < -0.39 is 0 Å². The summed E-state index contributed by atoms with van der Waals surface area (Å²) >= 11 is 0. The molecule has 2 unspecified atom stereocenters. The maximum atomic E-state index is 12.9. The van der Waals surface area contributed by atoms with Crippen LogP contribution in [0, 0.1) is 11.7 Å². The Morgan fingerprint density at radius 2 is 2.04 bits per heavy atom. The van der Waals surface area contributed by atoms with Crippen molar-refractivity contribution in [2.45, 2.75) is 51.5 Å². The van der Waals surface area contributed by atoms with Gasteiger partial charge in [-0.3, -0.25) is 4.79 Å². The molecule has 1 N–H and O–H groups in total. The number of amides is 1. The molecule has 0 aliphatic heterocycles. The molecule has 2 aromatic rings. The molecule has 128 valence electrons. The summed E-state index contributed by atoms with van der Waals surface area (Å²) < 4.78 is 18.1. The molecule has 1 amide bonds. The first-order valence-electron chi connectivity index (χ1n) is 8.49. The van der Waals surface area contributed by atoms with Gasteiger partial charge in [-0.2, -0.15) is 4.98 Å². The van der Waals surface area contributed by atoms with E-state index in [2.05, 4.69) is 22.4 Å². The lowest BCUT2D eigenvalue weighted by Gasteiger charge is -2.29. The molecule has 5 nitrogen and oxygen atoms in total. The normalized spacial score (nSPS) is 20.8. The van der Waals surface area contributed by atoms with E-state index in [0.717, 1.165) is 6.42 Å². The predicted molar refractivity (Wildman–Crippen MR) is 87.6 cm³/mol. The van der Waals surface area contributed by atoms with Crippen molar-refractivity contribution in [2.24, 2.45) is 5.92 Å². The molecule has 1 aliphatic carbocycles. The van der Waals surface area contributed by atoms with Crippen LogP contribution in [-0.4, -0.2) is 22.1 Å². The minimum absolute atomic E-state index is 0.0234. The van der Waals surface area contributed by atoms with Gasteiger partial charge in [-0.25, -0.2) is 4.39 Å². The maximum absolute atomic E-state index is 12.9. The van der Waals surface area contributed by atoms with Crippen LogP contribution >= 0.6 is 0 Å². The summed E-state index contributed by atoms with van der Waals surface area (Å²) in [7, 11) is 0. The summed E-state index contributed by atoms with van der Waals surface area (Å²) in [5.41, 5.74) is 0.687. The second-order valence-corrected chi connectivity index (χ2v) is 6.45. The highest BCUT2D eigenvalue weighted by Crippen LogP contribution is 2.23. The van der Waals surface area contributed by atoms with Crippen LogP contribution in [0.4, 0.5) is 4.39 Å². The van der Waals surface area contributed by atoms with Gasteiger partial charge < -0.3 is 9.84 Å². The molecule has 0 saturated heterocycles. The summed E-state index contributed by atoms with van der Waals surface area (Å²) in [4.78, 5) is 16.4. The van der Waals surface area contributed by atoms with Crippen LogP contribution in [0.5, 0.6) is 0 Å². The molecule has 3 rings (SSSR count). The van der Waals surface area contributed by atoms with E-state index >= 15 is 0 Å². The van der Waals surface area contributed by atoms with Gasteiger partial charge in [0.05, 0.1) is 0 Å².